The topological polar surface area (TPSA) is 82.9 Å². The van der Waals surface area contributed by atoms with Crippen LogP contribution in [-0.2, 0) is 4.79 Å². The van der Waals surface area contributed by atoms with E-state index in [1.165, 1.54) is 0 Å². The van der Waals surface area contributed by atoms with Crippen molar-refractivity contribution in [1.82, 2.24) is 0 Å². The number of ether oxygens (including phenoxy) is 2. The number of rotatable bonds is 5. The number of anilines is 1. The van der Waals surface area contributed by atoms with Crippen molar-refractivity contribution in [3.05, 3.63) is 105 Å². The van der Waals surface area contributed by atoms with Gasteiger partial charge in [-0.3, -0.25) is 15.1 Å². The Morgan fingerprint density at radius 3 is 2.33 bits per heavy atom. The molecule has 0 saturated heterocycles. The van der Waals surface area contributed by atoms with Crippen LogP contribution in [0.2, 0.25) is 0 Å². The molecule has 3 aromatic carbocycles. The van der Waals surface area contributed by atoms with Gasteiger partial charge in [0.05, 0.1) is 20.1 Å². The molecule has 2 N–H and O–H groups in total. The highest BCUT2D eigenvalue weighted by atomic mass is 79.9. The molecule has 200 valence electrons. The summed E-state index contributed by atoms with van der Waals surface area (Å²) in [5.41, 5.74) is 3.34. The molecule has 1 heterocycles. The number of carbonyl (C=O) groups is 1. The fraction of sp³-hybridized carbons (Fsp3) is 0.250. The first-order valence-corrected chi connectivity index (χ1v) is 13.6. The number of allylic oxidation sites excluding steroid dienone is 2. The van der Waals surface area contributed by atoms with Gasteiger partial charge in [-0.2, -0.15) is 0 Å². The minimum absolute atomic E-state index is 0.0101. The van der Waals surface area contributed by atoms with Gasteiger partial charge in [-0.25, -0.2) is 0 Å². The Kier molecular flexibility index (Phi) is 7.12. The van der Waals surface area contributed by atoms with Crippen LogP contribution in [0.25, 0.3) is 5.76 Å². The number of hydrogen-bond acceptors (Lipinski definition) is 5. The van der Waals surface area contributed by atoms with Crippen molar-refractivity contribution in [2.45, 2.75) is 32.6 Å². The van der Waals surface area contributed by atoms with E-state index in [0.717, 1.165) is 15.9 Å². The Balaban J connectivity index is 1.89. The first-order chi connectivity index (χ1) is 18.6. The summed E-state index contributed by atoms with van der Waals surface area (Å²) in [7, 11) is 3.16. The van der Waals surface area contributed by atoms with Gasteiger partial charge in [0.2, 0.25) is 0 Å². The van der Waals surface area contributed by atoms with Crippen LogP contribution >= 0.6 is 15.9 Å². The zero-order valence-electron chi connectivity index (χ0n) is 22.4. The fourth-order valence-electron chi connectivity index (χ4n) is 5.62. The maximum atomic E-state index is 14.1. The van der Waals surface area contributed by atoms with E-state index in [2.05, 4.69) is 29.8 Å². The number of aliphatic hydroxyl groups is 1. The largest absolute Gasteiger partial charge is 0.507 e. The lowest BCUT2D eigenvalue weighted by Gasteiger charge is -2.45. The number of benzene rings is 3. The summed E-state index contributed by atoms with van der Waals surface area (Å²) in [6.45, 7) is 4.15. The number of nitrogens with one attached hydrogen (secondary N) is 1. The number of aliphatic hydroxyl groups excluding tert-OH is 1. The third-order valence-electron chi connectivity index (χ3n) is 7.36. The molecule has 39 heavy (non-hydrogen) atoms. The zero-order valence-corrected chi connectivity index (χ0v) is 24.0. The molecule has 3 aromatic rings. The Morgan fingerprint density at radius 2 is 1.69 bits per heavy atom. The van der Waals surface area contributed by atoms with E-state index in [-0.39, 0.29) is 22.8 Å². The number of methoxy groups -OCH3 is 2. The second-order valence-electron chi connectivity index (χ2n) is 10.6. The molecular formula is C32H31BrN2O4. The molecule has 6 nitrogen and oxygen atoms in total. The fourth-order valence-corrected chi connectivity index (χ4v) is 5.88. The second kappa shape index (κ2) is 10.4. The molecule has 5 rings (SSSR count). The minimum atomic E-state index is -0.729. The van der Waals surface area contributed by atoms with Crippen molar-refractivity contribution in [2.24, 2.45) is 5.41 Å². The van der Waals surface area contributed by atoms with Crippen LogP contribution in [0.15, 0.2) is 94.1 Å². The standard InChI is InChI=1S/C32H31BrN2O4/c1-32(2)17-24-28(25(36)18-32)27(23-16-22(38-3)14-15-26(23)39-4)29(30(37)19-8-6-5-7-9-19)31(34)35(24)21-12-10-20(33)11-13-21/h5-16,27,34,37H,17-18H2,1-4H3/b30-29+,34-31?/t27-/m1/s1. The van der Waals surface area contributed by atoms with Crippen LogP contribution in [0.5, 0.6) is 11.5 Å². The Labute approximate surface area is 237 Å². The van der Waals surface area contributed by atoms with E-state index in [9.17, 15) is 15.3 Å². The molecule has 7 heteroatoms. The van der Waals surface area contributed by atoms with Crippen LogP contribution in [0.4, 0.5) is 5.69 Å². The number of hydrogen-bond donors (Lipinski definition) is 2. The van der Waals surface area contributed by atoms with E-state index in [1.807, 2.05) is 53.4 Å². The van der Waals surface area contributed by atoms with Crippen LogP contribution in [0.1, 0.15) is 43.7 Å². The third-order valence-corrected chi connectivity index (χ3v) is 7.89. The molecule has 0 unspecified atom stereocenters. The molecule has 0 radical (unpaired) electrons. The summed E-state index contributed by atoms with van der Waals surface area (Å²) in [5.74, 6) is 0.460. The predicted octanol–water partition coefficient (Wildman–Crippen LogP) is 7.66. The van der Waals surface area contributed by atoms with Gasteiger partial charge in [0.15, 0.2) is 5.78 Å². The maximum absolute atomic E-state index is 14.1. The highest BCUT2D eigenvalue weighted by Crippen LogP contribution is 2.53. The summed E-state index contributed by atoms with van der Waals surface area (Å²) < 4.78 is 12.2. The summed E-state index contributed by atoms with van der Waals surface area (Å²) >= 11 is 3.50. The summed E-state index contributed by atoms with van der Waals surface area (Å²) in [4.78, 5) is 15.9. The number of carbonyl (C=O) groups excluding carboxylic acids is 1. The van der Waals surface area contributed by atoms with Gasteiger partial charge in [-0.05, 0) is 54.3 Å². The highest BCUT2D eigenvalue weighted by Gasteiger charge is 2.47. The molecule has 1 aliphatic heterocycles. The lowest BCUT2D eigenvalue weighted by Crippen LogP contribution is -2.45. The average molecular weight is 588 g/mol. The molecule has 1 aliphatic carbocycles. The van der Waals surface area contributed by atoms with E-state index in [0.29, 0.717) is 46.6 Å². The highest BCUT2D eigenvalue weighted by molar-refractivity contribution is 9.10. The van der Waals surface area contributed by atoms with E-state index in [4.69, 9.17) is 9.47 Å². The van der Waals surface area contributed by atoms with Gasteiger partial charge in [-0.1, -0.05) is 60.1 Å². The molecule has 0 fully saturated rings. The quantitative estimate of drug-likeness (QED) is 0.300. The zero-order chi connectivity index (χ0) is 27.9. The molecule has 0 saturated carbocycles. The SMILES string of the molecule is COc1ccc(OC)c([C@@H]2C3=C(CC(C)(C)CC3=O)N(c3ccc(Br)cc3)C(=N)/C2=C(/O)c2ccccc2)c1. The van der Waals surface area contributed by atoms with Crippen LogP contribution in [0.3, 0.4) is 0 Å². The molecule has 2 aliphatic rings. The lowest BCUT2D eigenvalue weighted by molar-refractivity contribution is -0.118. The summed E-state index contributed by atoms with van der Waals surface area (Å²) in [6, 6.07) is 22.2. The number of ketones is 1. The summed E-state index contributed by atoms with van der Waals surface area (Å²) in [6.07, 6.45) is 0.949. The van der Waals surface area contributed by atoms with Gasteiger partial charge < -0.3 is 14.6 Å². The number of Topliss-reactive ketones (excluding diaryl/α,β-unsaturated/α-hetero) is 1. The predicted molar refractivity (Wildman–Crippen MR) is 158 cm³/mol. The first kappa shape index (κ1) is 26.8. The van der Waals surface area contributed by atoms with Crippen LogP contribution < -0.4 is 14.4 Å². The minimum Gasteiger partial charge on any atom is -0.507 e. The summed E-state index contributed by atoms with van der Waals surface area (Å²) in [5, 5.41) is 21.4. The second-order valence-corrected chi connectivity index (χ2v) is 11.5. The number of nitrogens with zero attached hydrogens (tertiary/aromatic N) is 1. The monoisotopic (exact) mass is 586 g/mol. The van der Waals surface area contributed by atoms with Gasteiger partial charge in [0.1, 0.15) is 23.1 Å². The average Bonchev–Trinajstić information content (AvgIpc) is 2.92. The lowest BCUT2D eigenvalue weighted by atomic mass is 9.67. The molecular weight excluding hydrogens is 556 g/mol. The number of halogens is 1. The van der Waals surface area contributed by atoms with Gasteiger partial charge in [-0.15, -0.1) is 0 Å². The number of amidine groups is 1. The van der Waals surface area contributed by atoms with Crippen molar-refractivity contribution in [1.29, 1.82) is 5.41 Å². The Morgan fingerprint density at radius 1 is 1.00 bits per heavy atom. The first-order valence-electron chi connectivity index (χ1n) is 12.8. The smallest absolute Gasteiger partial charge is 0.162 e. The molecule has 1 atom stereocenters. The van der Waals surface area contributed by atoms with Crippen molar-refractivity contribution in [3.63, 3.8) is 0 Å². The molecule has 0 spiro atoms. The van der Waals surface area contributed by atoms with Crippen molar-refractivity contribution in [2.75, 3.05) is 19.1 Å². The van der Waals surface area contributed by atoms with E-state index < -0.39 is 5.92 Å². The van der Waals surface area contributed by atoms with Crippen LogP contribution in [0, 0.1) is 10.8 Å². The Hall–Kier alpha value is -3.84. The van der Waals surface area contributed by atoms with E-state index >= 15 is 0 Å². The molecule has 0 amide bonds. The van der Waals surface area contributed by atoms with Gasteiger partial charge in [0, 0.05) is 44.6 Å². The molecule has 0 aromatic heterocycles. The Bertz CT molecular complexity index is 1510. The van der Waals surface area contributed by atoms with Gasteiger partial charge >= 0.3 is 0 Å². The van der Waals surface area contributed by atoms with Gasteiger partial charge in [0.25, 0.3) is 0 Å². The van der Waals surface area contributed by atoms with Crippen molar-refractivity contribution >= 4 is 39.0 Å². The molecule has 0 bridgehead atoms. The van der Waals surface area contributed by atoms with E-state index in [1.54, 1.807) is 38.5 Å². The van der Waals surface area contributed by atoms with Crippen molar-refractivity contribution < 1.29 is 19.4 Å². The maximum Gasteiger partial charge on any atom is 0.162 e. The van der Waals surface area contributed by atoms with Crippen LogP contribution in [-0.4, -0.2) is 30.9 Å². The normalized spacial score (nSPS) is 20.0. The van der Waals surface area contributed by atoms with Crippen molar-refractivity contribution in [3.8, 4) is 11.5 Å². The third kappa shape index (κ3) is 4.87.